The van der Waals surface area contributed by atoms with Crippen molar-refractivity contribution >= 4 is 23.2 Å². The van der Waals surface area contributed by atoms with Gasteiger partial charge in [0.25, 0.3) is 0 Å². The number of carbonyl (C=O) groups is 2. The third-order valence-corrected chi connectivity index (χ3v) is 7.09. The average Bonchev–Trinajstić information content (AvgIpc) is 3.42. The zero-order chi connectivity index (χ0) is 18.9. The van der Waals surface area contributed by atoms with Gasteiger partial charge in [-0.1, -0.05) is 43.2 Å². The smallest absolute Gasteiger partial charge is 0.225 e. The van der Waals surface area contributed by atoms with Crippen molar-refractivity contribution in [2.45, 2.75) is 38.5 Å². The quantitative estimate of drug-likeness (QED) is 0.854. The van der Waals surface area contributed by atoms with Crippen LogP contribution in [0.4, 0.5) is 0 Å². The molecule has 4 rings (SSSR count). The topological polar surface area (TPSA) is 63.4 Å². The van der Waals surface area contributed by atoms with Crippen molar-refractivity contribution in [2.75, 3.05) is 13.1 Å². The number of hydrogen-bond donors (Lipinski definition) is 1. The molecule has 2 aliphatic rings. The minimum absolute atomic E-state index is 0.149. The Morgan fingerprint density at radius 3 is 2.70 bits per heavy atom. The number of nitrogens with two attached hydrogens (primary N) is 1. The average molecular weight is 383 g/mol. The second-order valence-corrected chi connectivity index (χ2v) is 8.94. The van der Waals surface area contributed by atoms with Crippen LogP contribution in [0.3, 0.4) is 0 Å². The van der Waals surface area contributed by atoms with Crippen LogP contribution < -0.4 is 5.73 Å². The van der Waals surface area contributed by atoms with Crippen molar-refractivity contribution in [3.05, 3.63) is 47.3 Å². The SMILES string of the molecule is NC(=O)[C@@]1(Cc2cccc(-c3cccs3)c2)CCN(C(=O)C2CCCC2)C1. The lowest BCUT2D eigenvalue weighted by Crippen LogP contribution is -2.43. The number of primary amides is 1. The van der Waals surface area contributed by atoms with Gasteiger partial charge in [0.15, 0.2) is 0 Å². The minimum atomic E-state index is -0.650. The number of carbonyl (C=O) groups excluding carboxylic acids is 2. The first-order valence-corrected chi connectivity index (χ1v) is 10.7. The Labute approximate surface area is 164 Å². The van der Waals surface area contributed by atoms with Crippen LogP contribution in [0, 0.1) is 11.3 Å². The molecule has 0 radical (unpaired) electrons. The first-order valence-electron chi connectivity index (χ1n) is 9.79. The summed E-state index contributed by atoms with van der Waals surface area (Å²) in [4.78, 5) is 28.3. The van der Waals surface area contributed by atoms with E-state index in [1.54, 1.807) is 11.3 Å². The van der Waals surface area contributed by atoms with Crippen LogP contribution in [0.25, 0.3) is 10.4 Å². The summed E-state index contributed by atoms with van der Waals surface area (Å²) in [6, 6.07) is 12.5. The predicted molar refractivity (Wildman–Crippen MR) is 108 cm³/mol. The number of likely N-dealkylation sites (tertiary alicyclic amines) is 1. The summed E-state index contributed by atoms with van der Waals surface area (Å²) in [5.41, 5.74) is 7.48. The summed E-state index contributed by atoms with van der Waals surface area (Å²) in [6.45, 7) is 1.10. The summed E-state index contributed by atoms with van der Waals surface area (Å²) in [5, 5.41) is 2.07. The predicted octanol–water partition coefficient (Wildman–Crippen LogP) is 3.85. The van der Waals surface area contributed by atoms with Crippen molar-refractivity contribution in [3.8, 4) is 10.4 Å². The fourth-order valence-corrected chi connectivity index (χ4v) is 5.32. The molecule has 1 atom stereocenters. The molecule has 5 heteroatoms. The lowest BCUT2D eigenvalue weighted by Gasteiger charge is -2.27. The Balaban J connectivity index is 1.53. The van der Waals surface area contributed by atoms with Gasteiger partial charge in [0, 0.05) is 23.9 Å². The molecular formula is C22H26N2O2S. The first-order chi connectivity index (χ1) is 13.1. The van der Waals surface area contributed by atoms with Crippen LogP contribution >= 0.6 is 11.3 Å². The van der Waals surface area contributed by atoms with Gasteiger partial charge in [-0.05, 0) is 48.3 Å². The molecular weight excluding hydrogens is 356 g/mol. The lowest BCUT2D eigenvalue weighted by molar-refractivity contribution is -0.135. The van der Waals surface area contributed by atoms with Gasteiger partial charge in [0.1, 0.15) is 0 Å². The van der Waals surface area contributed by atoms with Crippen LogP contribution in [-0.2, 0) is 16.0 Å². The number of amides is 2. The largest absolute Gasteiger partial charge is 0.369 e. The standard InChI is InChI=1S/C22H26N2O2S/c23-21(26)22(10-11-24(15-22)20(25)17-6-1-2-7-17)14-16-5-3-8-18(13-16)19-9-4-12-27-19/h3-5,8-9,12-13,17H,1-2,6-7,10-11,14-15H2,(H2,23,26)/t22-/m1/s1. The summed E-state index contributed by atoms with van der Waals surface area (Å²) < 4.78 is 0. The number of rotatable bonds is 5. The van der Waals surface area contributed by atoms with Crippen LogP contribution in [0.15, 0.2) is 41.8 Å². The highest BCUT2D eigenvalue weighted by molar-refractivity contribution is 7.13. The normalized spacial score (nSPS) is 23.0. The van der Waals surface area contributed by atoms with E-state index in [9.17, 15) is 9.59 Å². The van der Waals surface area contributed by atoms with Crippen LogP contribution in [-0.4, -0.2) is 29.8 Å². The zero-order valence-electron chi connectivity index (χ0n) is 15.5. The van der Waals surface area contributed by atoms with Gasteiger partial charge in [0.2, 0.25) is 11.8 Å². The van der Waals surface area contributed by atoms with Gasteiger partial charge < -0.3 is 10.6 Å². The molecule has 1 aromatic carbocycles. The van der Waals surface area contributed by atoms with Crippen molar-refractivity contribution in [1.82, 2.24) is 4.90 Å². The molecule has 1 aromatic heterocycles. The number of nitrogens with zero attached hydrogens (tertiary/aromatic N) is 1. The first kappa shape index (κ1) is 18.2. The maximum absolute atomic E-state index is 12.8. The molecule has 1 saturated carbocycles. The van der Waals surface area contributed by atoms with Crippen molar-refractivity contribution in [1.29, 1.82) is 0 Å². The van der Waals surface area contributed by atoms with Gasteiger partial charge in [-0.25, -0.2) is 0 Å². The van der Waals surface area contributed by atoms with E-state index in [4.69, 9.17) is 5.73 Å². The highest BCUT2D eigenvalue weighted by Crippen LogP contribution is 2.37. The fraction of sp³-hybridized carbons (Fsp3) is 0.455. The number of thiophene rings is 1. The highest BCUT2D eigenvalue weighted by atomic mass is 32.1. The van der Waals surface area contributed by atoms with E-state index in [2.05, 4.69) is 29.6 Å². The molecule has 1 aliphatic carbocycles. The molecule has 0 bridgehead atoms. The Kier molecular flexibility index (Phi) is 5.04. The molecule has 4 nitrogen and oxygen atoms in total. The summed E-state index contributed by atoms with van der Waals surface area (Å²) in [5.74, 6) is 0.0875. The van der Waals surface area contributed by atoms with Crippen LogP contribution in [0.5, 0.6) is 0 Å². The lowest BCUT2D eigenvalue weighted by atomic mass is 9.80. The molecule has 2 N–H and O–H groups in total. The highest BCUT2D eigenvalue weighted by Gasteiger charge is 2.45. The number of hydrogen-bond acceptors (Lipinski definition) is 3. The second-order valence-electron chi connectivity index (χ2n) is 7.99. The van der Waals surface area contributed by atoms with Crippen LogP contribution in [0.2, 0.25) is 0 Å². The van der Waals surface area contributed by atoms with E-state index < -0.39 is 5.41 Å². The molecule has 2 aromatic rings. The molecule has 2 amide bonds. The molecule has 1 aliphatic heterocycles. The molecule has 2 heterocycles. The van der Waals surface area contributed by atoms with Gasteiger partial charge >= 0.3 is 0 Å². The molecule has 2 fully saturated rings. The second kappa shape index (κ2) is 7.47. The van der Waals surface area contributed by atoms with E-state index in [0.717, 1.165) is 31.2 Å². The molecule has 1 saturated heterocycles. The minimum Gasteiger partial charge on any atom is -0.369 e. The van der Waals surface area contributed by atoms with Gasteiger partial charge in [0.05, 0.1) is 5.41 Å². The van der Waals surface area contributed by atoms with E-state index >= 15 is 0 Å². The van der Waals surface area contributed by atoms with Crippen LogP contribution in [0.1, 0.15) is 37.7 Å². The monoisotopic (exact) mass is 382 g/mol. The molecule has 0 unspecified atom stereocenters. The Morgan fingerprint density at radius 2 is 2.00 bits per heavy atom. The summed E-state index contributed by atoms with van der Waals surface area (Å²) in [7, 11) is 0. The third-order valence-electron chi connectivity index (χ3n) is 6.17. The van der Waals surface area contributed by atoms with E-state index in [-0.39, 0.29) is 17.7 Å². The third kappa shape index (κ3) is 3.65. The van der Waals surface area contributed by atoms with Gasteiger partial charge in [-0.15, -0.1) is 11.3 Å². The van der Waals surface area contributed by atoms with Gasteiger partial charge in [-0.2, -0.15) is 0 Å². The summed E-state index contributed by atoms with van der Waals surface area (Å²) in [6.07, 6.45) is 5.50. The summed E-state index contributed by atoms with van der Waals surface area (Å²) >= 11 is 1.71. The fourth-order valence-electron chi connectivity index (χ4n) is 4.59. The number of benzene rings is 1. The maximum Gasteiger partial charge on any atom is 0.225 e. The van der Waals surface area contributed by atoms with Crippen molar-refractivity contribution < 1.29 is 9.59 Å². The Morgan fingerprint density at radius 1 is 1.19 bits per heavy atom. The maximum atomic E-state index is 12.8. The molecule has 142 valence electrons. The van der Waals surface area contributed by atoms with Crippen molar-refractivity contribution in [3.63, 3.8) is 0 Å². The van der Waals surface area contributed by atoms with E-state index in [1.165, 1.54) is 10.4 Å². The van der Waals surface area contributed by atoms with Crippen molar-refractivity contribution in [2.24, 2.45) is 17.1 Å². The Bertz CT molecular complexity index is 827. The molecule has 27 heavy (non-hydrogen) atoms. The van der Waals surface area contributed by atoms with E-state index in [1.807, 2.05) is 17.0 Å². The molecule has 0 spiro atoms. The zero-order valence-corrected chi connectivity index (χ0v) is 16.3. The van der Waals surface area contributed by atoms with Gasteiger partial charge in [-0.3, -0.25) is 9.59 Å². The van der Waals surface area contributed by atoms with E-state index in [0.29, 0.717) is 25.9 Å². The Hall–Kier alpha value is -2.14.